The number of benzene rings is 2. The predicted molar refractivity (Wildman–Crippen MR) is 82.6 cm³/mol. The Morgan fingerprint density at radius 3 is 2.29 bits per heavy atom. The van der Waals surface area contributed by atoms with Gasteiger partial charge < -0.3 is 5.32 Å². The lowest BCUT2D eigenvalue weighted by molar-refractivity contribution is -0.125. The van der Waals surface area contributed by atoms with Crippen LogP contribution in [0.3, 0.4) is 0 Å². The lowest BCUT2D eigenvalue weighted by atomic mass is 9.84. The van der Waals surface area contributed by atoms with Gasteiger partial charge in [0.05, 0.1) is 5.41 Å². The van der Waals surface area contributed by atoms with E-state index in [-0.39, 0.29) is 11.7 Å². The van der Waals surface area contributed by atoms with Gasteiger partial charge >= 0.3 is 0 Å². The zero-order chi connectivity index (χ0) is 15.3. The number of rotatable bonds is 5. The molecule has 0 bridgehead atoms. The van der Waals surface area contributed by atoms with Crippen LogP contribution in [0, 0.1) is 5.82 Å². The molecular formula is C18H20FNO. The average molecular weight is 285 g/mol. The first kappa shape index (κ1) is 15.2. The van der Waals surface area contributed by atoms with E-state index in [2.05, 4.69) is 5.32 Å². The van der Waals surface area contributed by atoms with Crippen molar-refractivity contribution < 1.29 is 9.18 Å². The van der Waals surface area contributed by atoms with Gasteiger partial charge in [0.15, 0.2) is 0 Å². The third-order valence-corrected chi connectivity index (χ3v) is 3.68. The summed E-state index contributed by atoms with van der Waals surface area (Å²) in [6, 6.07) is 16.1. The fourth-order valence-corrected chi connectivity index (χ4v) is 2.18. The van der Waals surface area contributed by atoms with Crippen molar-refractivity contribution >= 4 is 5.91 Å². The molecule has 0 unspecified atom stereocenters. The average Bonchev–Trinajstić information content (AvgIpc) is 2.50. The molecule has 2 nitrogen and oxygen atoms in total. The van der Waals surface area contributed by atoms with Gasteiger partial charge in [-0.2, -0.15) is 0 Å². The van der Waals surface area contributed by atoms with Gasteiger partial charge in [0.1, 0.15) is 5.82 Å². The summed E-state index contributed by atoms with van der Waals surface area (Å²) >= 11 is 0. The normalized spacial score (nSPS) is 11.2. The highest BCUT2D eigenvalue weighted by molar-refractivity contribution is 5.87. The quantitative estimate of drug-likeness (QED) is 0.895. The first-order chi connectivity index (χ1) is 10.00. The van der Waals surface area contributed by atoms with Crippen LogP contribution < -0.4 is 5.32 Å². The Balaban J connectivity index is 1.91. The minimum Gasteiger partial charge on any atom is -0.355 e. The standard InChI is InChI=1S/C18H20FNO/c1-18(2,15-6-4-3-5-7-15)17(21)20-13-12-14-8-10-16(19)11-9-14/h3-11H,12-13H2,1-2H3,(H,20,21). The van der Waals surface area contributed by atoms with Gasteiger partial charge in [-0.3, -0.25) is 4.79 Å². The molecule has 110 valence electrons. The Morgan fingerprint density at radius 1 is 1.05 bits per heavy atom. The molecule has 0 radical (unpaired) electrons. The molecule has 3 heteroatoms. The lowest BCUT2D eigenvalue weighted by Gasteiger charge is -2.24. The Hall–Kier alpha value is -2.16. The second-order valence-electron chi connectivity index (χ2n) is 5.62. The SMILES string of the molecule is CC(C)(C(=O)NCCc1ccc(F)cc1)c1ccccc1. The second kappa shape index (κ2) is 6.53. The number of hydrogen-bond donors (Lipinski definition) is 1. The Bertz CT molecular complexity index is 590. The molecule has 1 amide bonds. The van der Waals surface area contributed by atoms with Crippen LogP contribution in [0.5, 0.6) is 0 Å². The summed E-state index contributed by atoms with van der Waals surface area (Å²) in [6.07, 6.45) is 0.691. The van der Waals surface area contributed by atoms with Gasteiger partial charge in [-0.05, 0) is 43.5 Å². The van der Waals surface area contributed by atoms with Crippen LogP contribution in [0.4, 0.5) is 4.39 Å². The van der Waals surface area contributed by atoms with Crippen LogP contribution in [0.25, 0.3) is 0 Å². The molecule has 0 atom stereocenters. The van der Waals surface area contributed by atoms with E-state index >= 15 is 0 Å². The van der Waals surface area contributed by atoms with Crippen LogP contribution in [0.2, 0.25) is 0 Å². The maximum Gasteiger partial charge on any atom is 0.230 e. The Kier molecular flexibility index (Phi) is 4.73. The van der Waals surface area contributed by atoms with Gasteiger partial charge in [0.2, 0.25) is 5.91 Å². The van der Waals surface area contributed by atoms with Crippen LogP contribution in [-0.4, -0.2) is 12.5 Å². The first-order valence-corrected chi connectivity index (χ1v) is 7.08. The Labute approximate surface area is 125 Å². The van der Waals surface area contributed by atoms with E-state index in [0.29, 0.717) is 13.0 Å². The third kappa shape index (κ3) is 3.91. The van der Waals surface area contributed by atoms with Gasteiger partial charge in [-0.1, -0.05) is 42.5 Å². The summed E-state index contributed by atoms with van der Waals surface area (Å²) in [6.45, 7) is 4.37. The maximum atomic E-state index is 12.8. The number of nitrogens with one attached hydrogen (secondary N) is 1. The van der Waals surface area contributed by atoms with Crippen LogP contribution in [0.15, 0.2) is 54.6 Å². The molecule has 0 fully saturated rings. The minimum atomic E-state index is -0.565. The van der Waals surface area contributed by atoms with Crippen LogP contribution in [-0.2, 0) is 16.6 Å². The van der Waals surface area contributed by atoms with Gasteiger partial charge in [-0.15, -0.1) is 0 Å². The number of carbonyl (C=O) groups excluding carboxylic acids is 1. The number of hydrogen-bond acceptors (Lipinski definition) is 1. The molecule has 0 aromatic heterocycles. The van der Waals surface area contributed by atoms with Gasteiger partial charge in [-0.25, -0.2) is 4.39 Å². The zero-order valence-electron chi connectivity index (χ0n) is 12.4. The van der Waals surface area contributed by atoms with E-state index in [4.69, 9.17) is 0 Å². The molecule has 2 aromatic rings. The number of carbonyl (C=O) groups is 1. The van der Waals surface area contributed by atoms with E-state index in [1.54, 1.807) is 12.1 Å². The Morgan fingerprint density at radius 2 is 1.67 bits per heavy atom. The van der Waals surface area contributed by atoms with Crippen molar-refractivity contribution in [2.45, 2.75) is 25.7 Å². The van der Waals surface area contributed by atoms with Gasteiger partial charge in [0, 0.05) is 6.54 Å². The predicted octanol–water partition coefficient (Wildman–Crippen LogP) is 3.46. The molecule has 0 heterocycles. The summed E-state index contributed by atoms with van der Waals surface area (Å²) in [5.74, 6) is -0.246. The molecule has 0 saturated carbocycles. The first-order valence-electron chi connectivity index (χ1n) is 7.08. The molecular weight excluding hydrogens is 265 g/mol. The van der Waals surface area contributed by atoms with Crippen LogP contribution in [0.1, 0.15) is 25.0 Å². The minimum absolute atomic E-state index is 0.00388. The molecule has 2 rings (SSSR count). The van der Waals surface area contributed by atoms with E-state index in [0.717, 1.165) is 11.1 Å². The smallest absolute Gasteiger partial charge is 0.230 e. The van der Waals surface area contributed by atoms with Crippen molar-refractivity contribution in [2.75, 3.05) is 6.54 Å². The fourth-order valence-electron chi connectivity index (χ4n) is 2.18. The summed E-state index contributed by atoms with van der Waals surface area (Å²) in [5, 5.41) is 2.95. The number of halogens is 1. The highest BCUT2D eigenvalue weighted by Gasteiger charge is 2.28. The summed E-state index contributed by atoms with van der Waals surface area (Å²) in [5.41, 5.74) is 1.43. The second-order valence-corrected chi connectivity index (χ2v) is 5.62. The van der Waals surface area contributed by atoms with Crippen molar-refractivity contribution in [1.29, 1.82) is 0 Å². The lowest BCUT2D eigenvalue weighted by Crippen LogP contribution is -2.40. The van der Waals surface area contributed by atoms with E-state index in [1.165, 1.54) is 12.1 Å². The van der Waals surface area contributed by atoms with Gasteiger partial charge in [0.25, 0.3) is 0 Å². The third-order valence-electron chi connectivity index (χ3n) is 3.68. The van der Waals surface area contributed by atoms with Crippen LogP contribution >= 0.6 is 0 Å². The molecule has 2 aromatic carbocycles. The maximum absolute atomic E-state index is 12.8. The molecule has 0 aliphatic rings. The van der Waals surface area contributed by atoms with E-state index in [9.17, 15) is 9.18 Å². The summed E-state index contributed by atoms with van der Waals surface area (Å²) < 4.78 is 12.8. The van der Waals surface area contributed by atoms with E-state index < -0.39 is 5.41 Å². The largest absolute Gasteiger partial charge is 0.355 e. The number of amides is 1. The monoisotopic (exact) mass is 285 g/mol. The summed E-state index contributed by atoms with van der Waals surface area (Å²) in [7, 11) is 0. The van der Waals surface area contributed by atoms with Crippen molar-refractivity contribution in [3.8, 4) is 0 Å². The fraction of sp³-hybridized carbons (Fsp3) is 0.278. The highest BCUT2D eigenvalue weighted by Crippen LogP contribution is 2.22. The molecule has 1 N–H and O–H groups in total. The zero-order valence-corrected chi connectivity index (χ0v) is 12.4. The van der Waals surface area contributed by atoms with E-state index in [1.807, 2.05) is 44.2 Å². The summed E-state index contributed by atoms with van der Waals surface area (Å²) in [4.78, 5) is 12.3. The van der Waals surface area contributed by atoms with Crippen molar-refractivity contribution in [2.24, 2.45) is 0 Å². The molecule has 0 aliphatic heterocycles. The van der Waals surface area contributed by atoms with Crippen molar-refractivity contribution in [3.05, 3.63) is 71.5 Å². The highest BCUT2D eigenvalue weighted by atomic mass is 19.1. The molecule has 0 saturated heterocycles. The van der Waals surface area contributed by atoms with Crippen molar-refractivity contribution in [1.82, 2.24) is 5.32 Å². The molecule has 0 aliphatic carbocycles. The molecule has 21 heavy (non-hydrogen) atoms. The topological polar surface area (TPSA) is 29.1 Å². The molecule has 0 spiro atoms. The van der Waals surface area contributed by atoms with Crippen molar-refractivity contribution in [3.63, 3.8) is 0 Å².